The molecule has 2 rings (SSSR count). The maximum atomic E-state index is 11.4. The molecule has 0 spiro atoms. The van der Waals surface area contributed by atoms with Crippen molar-refractivity contribution in [3.63, 3.8) is 0 Å². The predicted octanol–water partition coefficient (Wildman–Crippen LogP) is 0.974. The minimum atomic E-state index is -0.227. The number of rotatable bonds is 1. The van der Waals surface area contributed by atoms with Gasteiger partial charge in [0.15, 0.2) is 0 Å². The summed E-state index contributed by atoms with van der Waals surface area (Å²) in [4.78, 5) is 11.4. The number of nitrogens with two attached hydrogens (primary N) is 1. The molecule has 74 valence electrons. The van der Waals surface area contributed by atoms with Crippen LogP contribution in [0.15, 0.2) is 24.3 Å². The van der Waals surface area contributed by atoms with Crippen molar-refractivity contribution >= 4 is 11.6 Å². The molecule has 14 heavy (non-hydrogen) atoms. The first-order valence-electron chi connectivity index (χ1n) is 4.54. The molecule has 1 fully saturated rings. The Kier molecular flexibility index (Phi) is 2.13. The van der Waals surface area contributed by atoms with Crippen LogP contribution in [-0.2, 0) is 4.79 Å². The number of benzene rings is 1. The highest BCUT2D eigenvalue weighted by Crippen LogP contribution is 2.27. The molecule has 4 nitrogen and oxygen atoms in total. The number of nitrogens with zero attached hydrogens (tertiary/aromatic N) is 1. The number of hydrogen-bond donors (Lipinski definition) is 2. The fraction of sp³-hybridized carbons (Fsp3) is 0.300. The Morgan fingerprint density at radius 3 is 2.50 bits per heavy atom. The van der Waals surface area contributed by atoms with E-state index >= 15 is 0 Å². The summed E-state index contributed by atoms with van der Waals surface area (Å²) in [6, 6.07) is 7.19. The summed E-state index contributed by atoms with van der Waals surface area (Å²) in [5.74, 6) is -0.435. The molecule has 1 aliphatic heterocycles. The molecule has 0 aromatic heterocycles. The summed E-state index contributed by atoms with van der Waals surface area (Å²) in [5.41, 5.74) is 7.14. The molecule has 1 unspecified atom stereocenters. The largest absolute Gasteiger partial charge is 0.399 e. The van der Waals surface area contributed by atoms with Gasteiger partial charge in [0.05, 0.1) is 5.92 Å². The van der Waals surface area contributed by atoms with Crippen molar-refractivity contribution < 1.29 is 10.0 Å². The summed E-state index contributed by atoms with van der Waals surface area (Å²) >= 11 is 0. The fourth-order valence-corrected chi connectivity index (χ4v) is 1.70. The van der Waals surface area contributed by atoms with Gasteiger partial charge in [-0.15, -0.1) is 0 Å². The molecule has 1 amide bonds. The summed E-state index contributed by atoms with van der Waals surface area (Å²) in [6.45, 7) is 0.411. The van der Waals surface area contributed by atoms with Crippen LogP contribution in [0.3, 0.4) is 0 Å². The molecule has 0 saturated carbocycles. The fourth-order valence-electron chi connectivity index (χ4n) is 1.70. The second-order valence-corrected chi connectivity index (χ2v) is 3.47. The number of hydroxylamine groups is 2. The topological polar surface area (TPSA) is 66.6 Å². The van der Waals surface area contributed by atoms with Gasteiger partial charge in [0, 0.05) is 12.2 Å². The van der Waals surface area contributed by atoms with E-state index in [1.54, 1.807) is 12.1 Å². The summed E-state index contributed by atoms with van der Waals surface area (Å²) in [7, 11) is 0. The van der Waals surface area contributed by atoms with Gasteiger partial charge in [0.1, 0.15) is 0 Å². The average molecular weight is 192 g/mol. The van der Waals surface area contributed by atoms with Crippen LogP contribution >= 0.6 is 0 Å². The zero-order valence-corrected chi connectivity index (χ0v) is 7.68. The number of anilines is 1. The maximum absolute atomic E-state index is 11.4. The second kappa shape index (κ2) is 3.31. The molecule has 4 heteroatoms. The van der Waals surface area contributed by atoms with Gasteiger partial charge in [-0.1, -0.05) is 12.1 Å². The first-order valence-corrected chi connectivity index (χ1v) is 4.54. The molecule has 3 N–H and O–H groups in total. The van der Waals surface area contributed by atoms with Gasteiger partial charge in [-0.05, 0) is 24.1 Å². The second-order valence-electron chi connectivity index (χ2n) is 3.47. The zero-order valence-electron chi connectivity index (χ0n) is 7.68. The highest BCUT2D eigenvalue weighted by Gasteiger charge is 2.31. The Balaban J connectivity index is 2.24. The molecule has 1 saturated heterocycles. The Labute approximate surface area is 81.9 Å². The van der Waals surface area contributed by atoms with Gasteiger partial charge < -0.3 is 5.73 Å². The molecule has 1 heterocycles. The first-order chi connectivity index (χ1) is 6.68. The van der Waals surface area contributed by atoms with E-state index in [0.29, 0.717) is 18.7 Å². The monoisotopic (exact) mass is 192 g/mol. The number of nitrogen functional groups attached to an aromatic ring is 1. The van der Waals surface area contributed by atoms with Crippen molar-refractivity contribution in [1.29, 1.82) is 0 Å². The van der Waals surface area contributed by atoms with Gasteiger partial charge in [-0.2, -0.15) is 0 Å². The molecule has 1 atom stereocenters. The molecular weight excluding hydrogens is 180 g/mol. The van der Waals surface area contributed by atoms with Gasteiger partial charge in [-0.3, -0.25) is 10.0 Å². The minimum Gasteiger partial charge on any atom is -0.399 e. The first kappa shape index (κ1) is 9.02. The van der Waals surface area contributed by atoms with Crippen LogP contribution in [0.4, 0.5) is 5.69 Å². The van der Waals surface area contributed by atoms with E-state index in [2.05, 4.69) is 0 Å². The van der Waals surface area contributed by atoms with Gasteiger partial charge in [0.25, 0.3) is 5.91 Å². The van der Waals surface area contributed by atoms with E-state index in [4.69, 9.17) is 10.9 Å². The highest BCUT2D eigenvalue weighted by molar-refractivity contribution is 5.84. The molecule has 0 aliphatic carbocycles. The van der Waals surface area contributed by atoms with Crippen molar-refractivity contribution in [2.45, 2.75) is 12.3 Å². The van der Waals surface area contributed by atoms with Crippen LogP contribution in [0.5, 0.6) is 0 Å². The third kappa shape index (κ3) is 1.44. The van der Waals surface area contributed by atoms with Crippen LogP contribution in [0.2, 0.25) is 0 Å². The third-order valence-corrected chi connectivity index (χ3v) is 2.52. The van der Waals surface area contributed by atoms with Crippen molar-refractivity contribution in [1.82, 2.24) is 5.06 Å². The van der Waals surface area contributed by atoms with Crippen LogP contribution in [0.1, 0.15) is 17.9 Å². The van der Waals surface area contributed by atoms with Crippen LogP contribution in [0.25, 0.3) is 0 Å². The van der Waals surface area contributed by atoms with Crippen molar-refractivity contribution in [3.05, 3.63) is 29.8 Å². The number of amides is 1. The molecule has 0 radical (unpaired) electrons. The number of hydrogen-bond acceptors (Lipinski definition) is 3. The Morgan fingerprint density at radius 2 is 2.00 bits per heavy atom. The quantitative estimate of drug-likeness (QED) is 0.514. The summed E-state index contributed by atoms with van der Waals surface area (Å²) in [6.07, 6.45) is 0.666. The highest BCUT2D eigenvalue weighted by atomic mass is 16.5. The van der Waals surface area contributed by atoms with E-state index in [1.165, 1.54) is 0 Å². The normalized spacial score (nSPS) is 21.6. The van der Waals surface area contributed by atoms with E-state index in [9.17, 15) is 4.79 Å². The minimum absolute atomic E-state index is 0.208. The third-order valence-electron chi connectivity index (χ3n) is 2.52. The van der Waals surface area contributed by atoms with E-state index in [1.807, 2.05) is 12.1 Å². The Bertz CT molecular complexity index is 348. The smallest absolute Gasteiger partial charge is 0.253 e. The predicted molar refractivity (Wildman–Crippen MR) is 51.7 cm³/mol. The molecule has 1 aromatic rings. The molecular formula is C10H12N2O2. The van der Waals surface area contributed by atoms with Gasteiger partial charge in [-0.25, -0.2) is 5.06 Å². The van der Waals surface area contributed by atoms with Crippen LogP contribution < -0.4 is 5.73 Å². The van der Waals surface area contributed by atoms with Crippen molar-refractivity contribution in [3.8, 4) is 0 Å². The molecule has 0 bridgehead atoms. The van der Waals surface area contributed by atoms with Gasteiger partial charge >= 0.3 is 0 Å². The van der Waals surface area contributed by atoms with Crippen LogP contribution in [0, 0.1) is 0 Å². The lowest BCUT2D eigenvalue weighted by molar-refractivity contribution is -0.158. The van der Waals surface area contributed by atoms with Gasteiger partial charge in [0.2, 0.25) is 0 Å². The van der Waals surface area contributed by atoms with E-state index < -0.39 is 0 Å². The number of carbonyl (C=O) groups excluding carboxylic acids is 1. The standard InChI is InChI=1S/C10H12N2O2/c11-8-3-1-7(2-4-8)9-5-6-12(14)10(9)13/h1-4,9,14H,5-6,11H2. The lowest BCUT2D eigenvalue weighted by atomic mass is 9.98. The zero-order chi connectivity index (χ0) is 10.1. The summed E-state index contributed by atoms with van der Waals surface area (Å²) in [5, 5.41) is 9.92. The lowest BCUT2D eigenvalue weighted by Crippen LogP contribution is -2.22. The van der Waals surface area contributed by atoms with E-state index in [0.717, 1.165) is 10.6 Å². The molecule has 1 aliphatic rings. The summed E-state index contributed by atoms with van der Waals surface area (Å²) < 4.78 is 0. The SMILES string of the molecule is Nc1ccc(C2CCN(O)C2=O)cc1. The van der Waals surface area contributed by atoms with Crippen molar-refractivity contribution in [2.24, 2.45) is 0 Å². The Hall–Kier alpha value is -1.55. The maximum Gasteiger partial charge on any atom is 0.253 e. The van der Waals surface area contributed by atoms with Crippen molar-refractivity contribution in [2.75, 3.05) is 12.3 Å². The average Bonchev–Trinajstić information content (AvgIpc) is 2.50. The van der Waals surface area contributed by atoms with E-state index in [-0.39, 0.29) is 11.8 Å². The number of carbonyl (C=O) groups is 1. The Morgan fingerprint density at radius 1 is 1.36 bits per heavy atom. The molecule has 1 aromatic carbocycles. The lowest BCUT2D eigenvalue weighted by Gasteiger charge is -2.09. The van der Waals surface area contributed by atoms with Crippen LogP contribution in [-0.4, -0.2) is 22.7 Å².